The molecule has 0 saturated heterocycles. The Morgan fingerprint density at radius 2 is 2.18 bits per heavy atom. The average molecular weight is 296 g/mol. The third kappa shape index (κ3) is 3.20. The van der Waals surface area contributed by atoms with Gasteiger partial charge >= 0.3 is 0 Å². The molecule has 22 heavy (non-hydrogen) atoms. The van der Waals surface area contributed by atoms with Crippen LogP contribution in [0.25, 0.3) is 5.65 Å². The lowest BCUT2D eigenvalue weighted by atomic mass is 10.3. The topological polar surface area (TPSA) is 52.3 Å². The second kappa shape index (κ2) is 6.22. The van der Waals surface area contributed by atoms with Crippen LogP contribution in [0.1, 0.15) is 17.1 Å². The molecule has 0 fully saturated rings. The van der Waals surface area contributed by atoms with Gasteiger partial charge in [0.2, 0.25) is 5.88 Å². The largest absolute Gasteiger partial charge is 0.464 e. The highest BCUT2D eigenvalue weighted by Gasteiger charge is 2.01. The fourth-order valence-corrected chi connectivity index (χ4v) is 1.92. The van der Waals surface area contributed by atoms with Crippen LogP contribution in [0.2, 0.25) is 0 Å². The van der Waals surface area contributed by atoms with E-state index in [0.717, 1.165) is 11.3 Å². The van der Waals surface area contributed by atoms with E-state index >= 15 is 0 Å². The summed E-state index contributed by atoms with van der Waals surface area (Å²) in [7, 11) is 0. The number of ether oxygens (including phenoxy) is 1. The molecule has 3 heterocycles. The number of pyridine rings is 1. The molecule has 0 amide bonds. The predicted molar refractivity (Wildman–Crippen MR) is 79.1 cm³/mol. The molecule has 0 aliphatic heterocycles. The lowest BCUT2D eigenvalue weighted by Gasteiger charge is -2.00. The number of hydrogen-bond donors (Lipinski definition) is 0. The van der Waals surface area contributed by atoms with Crippen LogP contribution in [0.4, 0.5) is 4.39 Å². The van der Waals surface area contributed by atoms with Crippen molar-refractivity contribution in [3.05, 3.63) is 53.6 Å². The summed E-state index contributed by atoms with van der Waals surface area (Å²) in [4.78, 5) is 8.36. The van der Waals surface area contributed by atoms with Gasteiger partial charge in [-0.25, -0.2) is 13.9 Å². The number of rotatable bonds is 3. The standard InChI is InChI=1S/C16H13FN4O/c1-12-10-15-19-16(7-8-21(15)20-12)22-9-3-6-13-4-2-5-14(11-17)18-13/h2,4-5,7-8,10H,9,11H2,1H3. The minimum Gasteiger partial charge on any atom is -0.464 e. The Hall–Kier alpha value is -2.94. The van der Waals surface area contributed by atoms with E-state index in [4.69, 9.17) is 4.74 Å². The zero-order valence-electron chi connectivity index (χ0n) is 12.0. The highest BCUT2D eigenvalue weighted by molar-refractivity contribution is 5.40. The van der Waals surface area contributed by atoms with Gasteiger partial charge in [0.15, 0.2) is 12.3 Å². The Morgan fingerprint density at radius 3 is 3.05 bits per heavy atom. The van der Waals surface area contributed by atoms with Gasteiger partial charge < -0.3 is 4.74 Å². The minimum atomic E-state index is -0.597. The van der Waals surface area contributed by atoms with Crippen LogP contribution < -0.4 is 4.74 Å². The maximum atomic E-state index is 12.5. The van der Waals surface area contributed by atoms with Gasteiger partial charge in [-0.05, 0) is 25.0 Å². The third-order valence-corrected chi connectivity index (χ3v) is 2.87. The van der Waals surface area contributed by atoms with Crippen molar-refractivity contribution in [3.63, 3.8) is 0 Å². The number of hydrogen-bond acceptors (Lipinski definition) is 4. The lowest BCUT2D eigenvalue weighted by Crippen LogP contribution is -1.98. The van der Waals surface area contributed by atoms with Crippen LogP contribution in [-0.2, 0) is 6.67 Å². The second-order valence-corrected chi connectivity index (χ2v) is 4.59. The van der Waals surface area contributed by atoms with E-state index in [1.165, 1.54) is 0 Å². The Kier molecular flexibility index (Phi) is 3.97. The first-order valence-corrected chi connectivity index (χ1v) is 6.71. The summed E-state index contributed by atoms with van der Waals surface area (Å²) in [6, 6.07) is 8.66. The molecule has 0 bridgehead atoms. The highest BCUT2D eigenvalue weighted by Crippen LogP contribution is 2.09. The fraction of sp³-hybridized carbons (Fsp3) is 0.188. The molecule has 0 saturated carbocycles. The molecule has 0 atom stereocenters. The van der Waals surface area contributed by atoms with Gasteiger partial charge in [-0.1, -0.05) is 12.0 Å². The highest BCUT2D eigenvalue weighted by atomic mass is 19.1. The number of nitrogens with zero attached hydrogens (tertiary/aromatic N) is 4. The quantitative estimate of drug-likeness (QED) is 0.696. The first-order valence-electron chi connectivity index (χ1n) is 6.71. The molecule has 0 radical (unpaired) electrons. The maximum absolute atomic E-state index is 12.5. The normalized spacial score (nSPS) is 10.3. The Balaban J connectivity index is 1.65. The van der Waals surface area contributed by atoms with E-state index in [2.05, 4.69) is 26.9 Å². The van der Waals surface area contributed by atoms with E-state index in [0.29, 0.717) is 17.3 Å². The third-order valence-electron chi connectivity index (χ3n) is 2.87. The van der Waals surface area contributed by atoms with E-state index in [-0.39, 0.29) is 6.61 Å². The zero-order chi connectivity index (χ0) is 15.4. The first kappa shape index (κ1) is 14.0. The van der Waals surface area contributed by atoms with E-state index < -0.39 is 6.67 Å². The van der Waals surface area contributed by atoms with Gasteiger partial charge in [-0.2, -0.15) is 10.1 Å². The summed E-state index contributed by atoms with van der Waals surface area (Å²) in [5.74, 6) is 6.15. The van der Waals surface area contributed by atoms with Crippen LogP contribution in [0.15, 0.2) is 36.5 Å². The molecule has 0 aliphatic rings. The molecule has 6 heteroatoms. The molecule has 0 N–H and O–H groups in total. The maximum Gasteiger partial charge on any atom is 0.217 e. The molecular weight excluding hydrogens is 283 g/mol. The Bertz CT molecular complexity index is 863. The predicted octanol–water partition coefficient (Wildman–Crippen LogP) is 2.33. The average Bonchev–Trinajstić information content (AvgIpc) is 2.91. The van der Waals surface area contributed by atoms with Crippen molar-refractivity contribution < 1.29 is 9.13 Å². The van der Waals surface area contributed by atoms with Crippen molar-refractivity contribution in [1.29, 1.82) is 0 Å². The summed E-state index contributed by atoms with van der Waals surface area (Å²) < 4.78 is 19.6. The van der Waals surface area contributed by atoms with Crippen molar-refractivity contribution >= 4 is 5.65 Å². The molecule has 0 aromatic carbocycles. The molecule has 3 aromatic heterocycles. The SMILES string of the molecule is Cc1cc2nc(OCC#Cc3cccc(CF)n3)ccn2n1. The Morgan fingerprint density at radius 1 is 1.27 bits per heavy atom. The number of fused-ring (bicyclic) bond motifs is 1. The lowest BCUT2D eigenvalue weighted by molar-refractivity contribution is 0.355. The minimum absolute atomic E-state index is 0.178. The van der Waals surface area contributed by atoms with Gasteiger partial charge in [-0.3, -0.25) is 0 Å². The molecule has 0 aliphatic carbocycles. The Labute approximate surface area is 126 Å². The van der Waals surface area contributed by atoms with Gasteiger partial charge in [-0.15, -0.1) is 0 Å². The summed E-state index contributed by atoms with van der Waals surface area (Å²) in [5.41, 5.74) is 2.51. The van der Waals surface area contributed by atoms with Crippen molar-refractivity contribution in [2.75, 3.05) is 6.61 Å². The van der Waals surface area contributed by atoms with Gasteiger partial charge in [0, 0.05) is 18.3 Å². The molecule has 5 nitrogen and oxygen atoms in total. The van der Waals surface area contributed by atoms with Gasteiger partial charge in [0.25, 0.3) is 0 Å². The van der Waals surface area contributed by atoms with Crippen molar-refractivity contribution in [2.24, 2.45) is 0 Å². The molecular formula is C16H13FN4O. The molecule has 0 unspecified atom stereocenters. The summed E-state index contributed by atoms with van der Waals surface area (Å²) in [6.07, 6.45) is 1.78. The van der Waals surface area contributed by atoms with Gasteiger partial charge in [0.05, 0.1) is 11.4 Å². The molecule has 3 aromatic rings. The molecule has 3 rings (SSSR count). The molecule has 110 valence electrons. The van der Waals surface area contributed by atoms with Crippen molar-refractivity contribution in [2.45, 2.75) is 13.6 Å². The summed E-state index contributed by atoms with van der Waals surface area (Å²) in [5, 5.41) is 4.24. The van der Waals surface area contributed by atoms with Crippen LogP contribution in [0.5, 0.6) is 5.88 Å². The number of aryl methyl sites for hydroxylation is 1. The van der Waals surface area contributed by atoms with Crippen LogP contribution in [-0.4, -0.2) is 26.2 Å². The monoisotopic (exact) mass is 296 g/mol. The van der Waals surface area contributed by atoms with Crippen molar-refractivity contribution in [1.82, 2.24) is 19.6 Å². The van der Waals surface area contributed by atoms with Gasteiger partial charge in [0.1, 0.15) is 12.4 Å². The number of aromatic nitrogens is 4. The van der Waals surface area contributed by atoms with Crippen LogP contribution in [0.3, 0.4) is 0 Å². The smallest absolute Gasteiger partial charge is 0.217 e. The van der Waals surface area contributed by atoms with E-state index in [1.807, 2.05) is 13.0 Å². The number of alkyl halides is 1. The summed E-state index contributed by atoms with van der Waals surface area (Å²) in [6.45, 7) is 1.48. The second-order valence-electron chi connectivity index (χ2n) is 4.59. The van der Waals surface area contributed by atoms with Crippen molar-refractivity contribution in [3.8, 4) is 17.7 Å². The first-order chi connectivity index (χ1) is 10.7. The van der Waals surface area contributed by atoms with Crippen LogP contribution in [0, 0.1) is 18.8 Å². The van der Waals surface area contributed by atoms with Crippen LogP contribution >= 0.6 is 0 Å². The fourth-order valence-electron chi connectivity index (χ4n) is 1.92. The van der Waals surface area contributed by atoms with E-state index in [9.17, 15) is 4.39 Å². The molecule has 0 spiro atoms. The zero-order valence-corrected chi connectivity index (χ0v) is 12.0. The number of halogens is 1. The van der Waals surface area contributed by atoms with E-state index in [1.54, 1.807) is 35.0 Å². The summed E-state index contributed by atoms with van der Waals surface area (Å²) >= 11 is 0.